The molecule has 2 unspecified atom stereocenters. The average Bonchev–Trinajstić information content (AvgIpc) is 2.21. The number of aryl methyl sites for hydroxylation is 2. The van der Waals surface area contributed by atoms with Gasteiger partial charge >= 0.3 is 5.97 Å². The van der Waals surface area contributed by atoms with Crippen molar-refractivity contribution in [2.75, 3.05) is 7.05 Å². The fourth-order valence-corrected chi connectivity index (χ4v) is 1.85. The highest BCUT2D eigenvalue weighted by molar-refractivity contribution is 5.74. The maximum absolute atomic E-state index is 10.9. The minimum absolute atomic E-state index is 0.363. The Hall–Kier alpha value is -1.39. The summed E-state index contributed by atoms with van der Waals surface area (Å²) in [5.74, 6) is -1.00. The first kappa shape index (κ1) is 12.7. The molecule has 0 aliphatic heterocycles. The maximum atomic E-state index is 10.9. The van der Waals surface area contributed by atoms with E-state index in [1.165, 1.54) is 0 Å². The van der Waals surface area contributed by atoms with Crippen LogP contribution < -0.4 is 11.1 Å². The number of carboxylic acids is 1. The molecule has 0 amide bonds. The SMILES string of the molecule is CNC(c1ccc(C)cc1C)C(N)C(=O)O. The highest BCUT2D eigenvalue weighted by Gasteiger charge is 2.25. The van der Waals surface area contributed by atoms with Crippen molar-refractivity contribution >= 4 is 5.97 Å². The highest BCUT2D eigenvalue weighted by Crippen LogP contribution is 2.20. The molecule has 2 atom stereocenters. The van der Waals surface area contributed by atoms with E-state index >= 15 is 0 Å². The molecule has 0 radical (unpaired) electrons. The molecule has 0 fully saturated rings. The normalized spacial score (nSPS) is 14.5. The summed E-state index contributed by atoms with van der Waals surface area (Å²) in [5.41, 5.74) is 8.79. The van der Waals surface area contributed by atoms with E-state index in [1.807, 2.05) is 32.0 Å². The Bertz CT molecular complexity index is 391. The van der Waals surface area contributed by atoms with E-state index in [2.05, 4.69) is 5.32 Å². The van der Waals surface area contributed by atoms with Crippen LogP contribution in [-0.2, 0) is 4.79 Å². The number of benzene rings is 1. The van der Waals surface area contributed by atoms with Gasteiger partial charge in [-0.2, -0.15) is 0 Å². The van der Waals surface area contributed by atoms with Crippen LogP contribution in [0.2, 0.25) is 0 Å². The molecule has 4 N–H and O–H groups in total. The maximum Gasteiger partial charge on any atom is 0.322 e. The number of aliphatic carboxylic acids is 1. The summed E-state index contributed by atoms with van der Waals surface area (Å²) in [4.78, 5) is 10.9. The Morgan fingerprint density at radius 2 is 2.06 bits per heavy atom. The largest absolute Gasteiger partial charge is 0.480 e. The third kappa shape index (κ3) is 2.59. The van der Waals surface area contributed by atoms with Crippen molar-refractivity contribution in [3.8, 4) is 0 Å². The number of carbonyl (C=O) groups is 1. The van der Waals surface area contributed by atoms with Crippen molar-refractivity contribution in [2.45, 2.75) is 25.9 Å². The van der Waals surface area contributed by atoms with Gasteiger partial charge in [-0.25, -0.2) is 0 Å². The predicted octanol–water partition coefficient (Wildman–Crippen LogP) is 0.976. The molecule has 1 aromatic carbocycles. The van der Waals surface area contributed by atoms with Crippen LogP contribution in [0.1, 0.15) is 22.7 Å². The van der Waals surface area contributed by atoms with E-state index in [0.717, 1.165) is 16.7 Å². The van der Waals surface area contributed by atoms with E-state index in [1.54, 1.807) is 7.05 Å². The van der Waals surface area contributed by atoms with Crippen LogP contribution in [0.4, 0.5) is 0 Å². The Kier molecular flexibility index (Phi) is 4.04. The molecule has 0 spiro atoms. The second-order valence-electron chi connectivity index (χ2n) is 3.99. The van der Waals surface area contributed by atoms with Gasteiger partial charge in [0, 0.05) is 0 Å². The number of hydrogen-bond acceptors (Lipinski definition) is 3. The molecule has 1 rings (SSSR count). The zero-order chi connectivity index (χ0) is 12.3. The first-order valence-corrected chi connectivity index (χ1v) is 5.20. The topological polar surface area (TPSA) is 75.3 Å². The molecule has 4 nitrogen and oxygen atoms in total. The molecular weight excluding hydrogens is 204 g/mol. The second kappa shape index (κ2) is 5.09. The Morgan fingerprint density at radius 1 is 1.44 bits per heavy atom. The van der Waals surface area contributed by atoms with Gasteiger partial charge in [0.2, 0.25) is 0 Å². The summed E-state index contributed by atoms with van der Waals surface area (Å²) in [6.45, 7) is 3.96. The van der Waals surface area contributed by atoms with Crippen molar-refractivity contribution in [1.29, 1.82) is 0 Å². The van der Waals surface area contributed by atoms with E-state index in [4.69, 9.17) is 10.8 Å². The number of nitrogens with one attached hydrogen (secondary N) is 1. The molecule has 0 aliphatic carbocycles. The van der Waals surface area contributed by atoms with Crippen LogP contribution in [0.3, 0.4) is 0 Å². The molecule has 0 aromatic heterocycles. The quantitative estimate of drug-likeness (QED) is 0.709. The van der Waals surface area contributed by atoms with Crippen LogP contribution in [0, 0.1) is 13.8 Å². The molecule has 1 aromatic rings. The van der Waals surface area contributed by atoms with Crippen LogP contribution in [0.25, 0.3) is 0 Å². The number of hydrogen-bond donors (Lipinski definition) is 3. The number of nitrogens with two attached hydrogens (primary N) is 1. The minimum Gasteiger partial charge on any atom is -0.480 e. The molecule has 4 heteroatoms. The van der Waals surface area contributed by atoms with Crippen LogP contribution in [0.15, 0.2) is 18.2 Å². The summed E-state index contributed by atoms with van der Waals surface area (Å²) < 4.78 is 0. The Balaban J connectivity index is 3.08. The van der Waals surface area contributed by atoms with Gasteiger partial charge in [0.15, 0.2) is 0 Å². The van der Waals surface area contributed by atoms with E-state index in [9.17, 15) is 4.79 Å². The fraction of sp³-hybridized carbons (Fsp3) is 0.417. The second-order valence-corrected chi connectivity index (χ2v) is 3.99. The number of carboxylic acid groups (broad SMARTS) is 1. The van der Waals surface area contributed by atoms with E-state index < -0.39 is 12.0 Å². The molecular formula is C12H18N2O2. The van der Waals surface area contributed by atoms with Gasteiger partial charge < -0.3 is 16.2 Å². The van der Waals surface area contributed by atoms with Crippen molar-refractivity contribution in [3.63, 3.8) is 0 Å². The lowest BCUT2D eigenvalue weighted by molar-refractivity contribution is -0.139. The van der Waals surface area contributed by atoms with Gasteiger partial charge in [0.25, 0.3) is 0 Å². The fourth-order valence-electron chi connectivity index (χ4n) is 1.85. The lowest BCUT2D eigenvalue weighted by atomic mass is 9.94. The minimum atomic E-state index is -1.00. The molecule has 0 bridgehead atoms. The third-order valence-electron chi connectivity index (χ3n) is 2.72. The third-order valence-corrected chi connectivity index (χ3v) is 2.72. The Labute approximate surface area is 95.5 Å². The summed E-state index contributed by atoms with van der Waals surface area (Å²) >= 11 is 0. The first-order chi connectivity index (χ1) is 7.47. The predicted molar refractivity (Wildman–Crippen MR) is 63.3 cm³/mol. The zero-order valence-corrected chi connectivity index (χ0v) is 9.82. The van der Waals surface area contributed by atoms with Crippen LogP contribution >= 0.6 is 0 Å². The summed E-state index contributed by atoms with van der Waals surface area (Å²) in [5, 5.41) is 11.9. The van der Waals surface area contributed by atoms with Gasteiger partial charge in [0.1, 0.15) is 6.04 Å². The summed E-state index contributed by atoms with van der Waals surface area (Å²) in [6.07, 6.45) is 0. The van der Waals surface area contributed by atoms with Gasteiger partial charge in [-0.05, 0) is 32.0 Å². The molecule has 16 heavy (non-hydrogen) atoms. The van der Waals surface area contributed by atoms with Gasteiger partial charge in [0.05, 0.1) is 6.04 Å². The van der Waals surface area contributed by atoms with Crippen molar-refractivity contribution in [1.82, 2.24) is 5.32 Å². The standard InChI is InChI=1S/C12H18N2O2/c1-7-4-5-9(8(2)6-7)11(14-3)10(13)12(15)16/h4-6,10-11,14H,13H2,1-3H3,(H,15,16). The molecule has 0 saturated carbocycles. The molecule has 88 valence electrons. The Morgan fingerprint density at radius 3 is 2.50 bits per heavy atom. The molecule has 0 heterocycles. The van der Waals surface area contributed by atoms with Gasteiger partial charge in [-0.3, -0.25) is 4.79 Å². The van der Waals surface area contributed by atoms with Crippen LogP contribution in [-0.4, -0.2) is 24.2 Å². The molecule has 0 saturated heterocycles. The van der Waals surface area contributed by atoms with E-state index in [0.29, 0.717) is 0 Å². The zero-order valence-electron chi connectivity index (χ0n) is 9.82. The van der Waals surface area contributed by atoms with Crippen molar-refractivity contribution in [3.05, 3.63) is 34.9 Å². The van der Waals surface area contributed by atoms with Gasteiger partial charge in [-0.1, -0.05) is 23.8 Å². The highest BCUT2D eigenvalue weighted by atomic mass is 16.4. The lowest BCUT2D eigenvalue weighted by Gasteiger charge is -2.22. The number of likely N-dealkylation sites (N-methyl/N-ethyl adjacent to an activating group) is 1. The lowest BCUT2D eigenvalue weighted by Crippen LogP contribution is -2.42. The van der Waals surface area contributed by atoms with Gasteiger partial charge in [-0.15, -0.1) is 0 Å². The number of rotatable bonds is 4. The molecule has 0 aliphatic rings. The first-order valence-electron chi connectivity index (χ1n) is 5.20. The summed E-state index contributed by atoms with van der Waals surface area (Å²) in [7, 11) is 1.72. The average molecular weight is 222 g/mol. The van der Waals surface area contributed by atoms with Crippen molar-refractivity contribution < 1.29 is 9.90 Å². The van der Waals surface area contributed by atoms with E-state index in [-0.39, 0.29) is 6.04 Å². The smallest absolute Gasteiger partial charge is 0.322 e. The summed E-state index contributed by atoms with van der Waals surface area (Å²) in [6, 6.07) is 4.61. The van der Waals surface area contributed by atoms with Crippen molar-refractivity contribution in [2.24, 2.45) is 5.73 Å². The van der Waals surface area contributed by atoms with Crippen LogP contribution in [0.5, 0.6) is 0 Å². The monoisotopic (exact) mass is 222 g/mol.